The lowest BCUT2D eigenvalue weighted by molar-refractivity contribution is -0.134. The number of pyridine rings is 1. The number of hydroxylamine groups is 1. The fourth-order valence-corrected chi connectivity index (χ4v) is 3.52. The van der Waals surface area contributed by atoms with Gasteiger partial charge >= 0.3 is 0 Å². The monoisotopic (exact) mass is 433 g/mol. The van der Waals surface area contributed by atoms with Gasteiger partial charge < -0.3 is 10.6 Å². The van der Waals surface area contributed by atoms with Crippen LogP contribution in [0.1, 0.15) is 23.2 Å². The van der Waals surface area contributed by atoms with E-state index in [0.29, 0.717) is 0 Å². The number of carbonyl (C=O) groups is 2. The van der Waals surface area contributed by atoms with E-state index in [1.165, 1.54) is 44.7 Å². The van der Waals surface area contributed by atoms with Gasteiger partial charge in [-0.2, -0.15) is 0 Å². The molecule has 1 heterocycles. The molecule has 1 aromatic heterocycles. The maximum absolute atomic E-state index is 12.6. The van der Waals surface area contributed by atoms with Gasteiger partial charge in [-0.25, -0.2) is 23.0 Å². The third kappa shape index (κ3) is 5.32. The summed E-state index contributed by atoms with van der Waals surface area (Å²) in [6, 6.07) is 9.30. The minimum atomic E-state index is -3.78. The summed E-state index contributed by atoms with van der Waals surface area (Å²) in [5.74, 6) is -1.12. The van der Waals surface area contributed by atoms with Crippen LogP contribution in [0, 0.1) is 0 Å². The Hall–Kier alpha value is -3.02. The second-order valence-corrected chi connectivity index (χ2v) is 9.00. The topological polar surface area (TPSA) is 130 Å². The number of carbonyl (C=O) groups excluding carboxylic acids is 2. The van der Waals surface area contributed by atoms with Gasteiger partial charge in [0.25, 0.3) is 11.8 Å². The van der Waals surface area contributed by atoms with Gasteiger partial charge in [0, 0.05) is 32.5 Å². The molecule has 11 heteroatoms. The quantitative estimate of drug-likeness (QED) is 0.392. The summed E-state index contributed by atoms with van der Waals surface area (Å²) in [5, 5.41) is 5.55. The van der Waals surface area contributed by atoms with Crippen LogP contribution in [0.2, 0.25) is 0 Å². The van der Waals surface area contributed by atoms with E-state index in [4.69, 9.17) is 4.84 Å². The van der Waals surface area contributed by atoms with E-state index in [2.05, 4.69) is 21.1 Å². The number of rotatable bonds is 9. The highest BCUT2D eigenvalue weighted by Gasteiger charge is 2.30. The summed E-state index contributed by atoms with van der Waals surface area (Å²) in [4.78, 5) is 34.0. The molecule has 10 nitrogen and oxygen atoms in total. The van der Waals surface area contributed by atoms with E-state index in [-0.39, 0.29) is 22.2 Å². The van der Waals surface area contributed by atoms with Crippen LogP contribution in [0.5, 0.6) is 0 Å². The Kier molecular flexibility index (Phi) is 6.65. The molecule has 3 rings (SSSR count). The first-order valence-corrected chi connectivity index (χ1v) is 10.7. The Balaban J connectivity index is 1.80. The van der Waals surface area contributed by atoms with Crippen LogP contribution in [-0.4, -0.2) is 55.9 Å². The van der Waals surface area contributed by atoms with E-state index < -0.39 is 28.1 Å². The van der Waals surface area contributed by atoms with Gasteiger partial charge in [0.1, 0.15) is 4.90 Å². The molecule has 160 valence electrons. The highest BCUT2D eigenvalue weighted by molar-refractivity contribution is 7.89. The first-order chi connectivity index (χ1) is 14.3. The van der Waals surface area contributed by atoms with Gasteiger partial charge in [-0.3, -0.25) is 14.6 Å². The van der Waals surface area contributed by atoms with Crippen molar-refractivity contribution in [2.75, 3.05) is 19.4 Å². The number of para-hydroxylation sites is 1. The van der Waals surface area contributed by atoms with E-state index in [0.717, 1.165) is 17.1 Å². The third-order valence-corrected chi connectivity index (χ3v) is 6.16. The maximum atomic E-state index is 12.6. The number of nitrogens with one attached hydrogen (secondary N) is 3. The Bertz CT molecular complexity index is 1010. The molecule has 0 aliphatic heterocycles. The Morgan fingerprint density at radius 3 is 2.53 bits per heavy atom. The summed E-state index contributed by atoms with van der Waals surface area (Å²) in [6.45, 7) is 0. The van der Waals surface area contributed by atoms with Gasteiger partial charge in [-0.15, -0.1) is 0 Å². The lowest BCUT2D eigenvalue weighted by Gasteiger charge is -2.22. The number of anilines is 1. The van der Waals surface area contributed by atoms with Crippen molar-refractivity contribution >= 4 is 27.5 Å². The maximum Gasteiger partial charge on any atom is 0.276 e. The van der Waals surface area contributed by atoms with Crippen LogP contribution in [0.25, 0.3) is 0 Å². The van der Waals surface area contributed by atoms with E-state index in [1.54, 1.807) is 18.2 Å². The summed E-state index contributed by atoms with van der Waals surface area (Å²) >= 11 is 0. The van der Waals surface area contributed by atoms with E-state index in [9.17, 15) is 18.0 Å². The highest BCUT2D eigenvalue weighted by Crippen LogP contribution is 2.24. The Labute approximate surface area is 174 Å². The summed E-state index contributed by atoms with van der Waals surface area (Å²) in [7, 11) is -0.954. The largest absolute Gasteiger partial charge is 0.349 e. The number of nitrogens with zero attached hydrogens (tertiary/aromatic N) is 2. The van der Waals surface area contributed by atoms with Gasteiger partial charge in [0.05, 0.1) is 11.3 Å². The summed E-state index contributed by atoms with van der Waals surface area (Å²) < 4.78 is 26.3. The fourth-order valence-electron chi connectivity index (χ4n) is 2.47. The molecular weight excluding hydrogens is 410 g/mol. The summed E-state index contributed by atoms with van der Waals surface area (Å²) in [6.07, 6.45) is 3.22. The van der Waals surface area contributed by atoms with Crippen molar-refractivity contribution in [3.05, 3.63) is 54.4 Å². The lowest BCUT2D eigenvalue weighted by atomic mass is 10.3. The van der Waals surface area contributed by atoms with Crippen LogP contribution in [0.15, 0.2) is 53.7 Å². The van der Waals surface area contributed by atoms with Crippen molar-refractivity contribution in [3.63, 3.8) is 0 Å². The fraction of sp³-hybridized carbons (Fsp3) is 0.316. The van der Waals surface area contributed by atoms with Crippen molar-refractivity contribution < 1.29 is 22.8 Å². The van der Waals surface area contributed by atoms with Crippen molar-refractivity contribution in [1.29, 1.82) is 0 Å². The molecular formula is C19H23N5O5S. The van der Waals surface area contributed by atoms with Crippen molar-refractivity contribution in [2.45, 2.75) is 30.0 Å². The zero-order chi connectivity index (χ0) is 21.7. The molecule has 1 aliphatic carbocycles. The molecule has 0 radical (unpaired) electrons. The van der Waals surface area contributed by atoms with Crippen LogP contribution in [0.3, 0.4) is 0 Å². The third-order valence-electron chi connectivity index (χ3n) is 4.29. The second kappa shape index (κ2) is 9.20. The minimum Gasteiger partial charge on any atom is -0.349 e. The van der Waals surface area contributed by atoms with Crippen molar-refractivity contribution in [1.82, 2.24) is 20.1 Å². The van der Waals surface area contributed by atoms with Crippen molar-refractivity contribution in [2.24, 2.45) is 0 Å². The number of aromatic nitrogens is 1. The molecule has 1 aromatic carbocycles. The molecule has 1 aliphatic rings. The first kappa shape index (κ1) is 21.7. The number of amides is 2. The molecule has 30 heavy (non-hydrogen) atoms. The molecule has 0 saturated heterocycles. The highest BCUT2D eigenvalue weighted by atomic mass is 32.2. The predicted molar refractivity (Wildman–Crippen MR) is 109 cm³/mol. The normalized spacial score (nSPS) is 14.8. The Morgan fingerprint density at radius 2 is 1.90 bits per heavy atom. The molecule has 1 saturated carbocycles. The molecule has 1 fully saturated rings. The number of benzene rings is 1. The standard InChI is InChI=1S/C19H23N5O5S/c1-24(2)30(27,28)16-8-4-3-7-15(16)22-19(18(26)21-14-9-10-14)29-23-17(25)13-6-5-11-20-12-13/h3-8,11-12,14,19,22H,9-10H2,1-2H3,(H,21,26)(H,23,25). The number of sulfonamides is 1. The molecule has 0 bridgehead atoms. The van der Waals surface area contributed by atoms with Gasteiger partial charge in [-0.05, 0) is 37.1 Å². The predicted octanol–water partition coefficient (Wildman–Crippen LogP) is 0.710. The number of hydrogen-bond acceptors (Lipinski definition) is 7. The molecule has 2 amide bonds. The van der Waals surface area contributed by atoms with Gasteiger partial charge in [-0.1, -0.05) is 12.1 Å². The summed E-state index contributed by atoms with van der Waals surface area (Å²) in [5.41, 5.74) is 2.62. The minimum absolute atomic E-state index is 0.0265. The lowest BCUT2D eigenvalue weighted by Crippen LogP contribution is -2.46. The van der Waals surface area contributed by atoms with Crippen LogP contribution in [0.4, 0.5) is 5.69 Å². The molecule has 0 spiro atoms. The zero-order valence-electron chi connectivity index (χ0n) is 16.5. The molecule has 1 atom stereocenters. The molecule has 3 N–H and O–H groups in total. The van der Waals surface area contributed by atoms with E-state index in [1.807, 2.05) is 0 Å². The van der Waals surface area contributed by atoms with Crippen molar-refractivity contribution in [3.8, 4) is 0 Å². The smallest absolute Gasteiger partial charge is 0.276 e. The Morgan fingerprint density at radius 1 is 1.17 bits per heavy atom. The average Bonchev–Trinajstić information content (AvgIpc) is 3.55. The molecule has 2 aromatic rings. The zero-order valence-corrected chi connectivity index (χ0v) is 17.3. The van der Waals surface area contributed by atoms with Crippen LogP contribution >= 0.6 is 0 Å². The van der Waals surface area contributed by atoms with E-state index >= 15 is 0 Å². The average molecular weight is 433 g/mol. The SMILES string of the molecule is CN(C)S(=O)(=O)c1ccccc1NC(ONC(=O)c1cccnc1)C(=O)NC1CC1. The first-order valence-electron chi connectivity index (χ1n) is 9.23. The second-order valence-electron chi connectivity index (χ2n) is 6.88. The van der Waals surface area contributed by atoms with Crippen LogP contribution < -0.4 is 16.1 Å². The van der Waals surface area contributed by atoms with Gasteiger partial charge in [0.15, 0.2) is 0 Å². The number of hydrogen-bond donors (Lipinski definition) is 3. The molecule has 1 unspecified atom stereocenters. The van der Waals surface area contributed by atoms with Crippen LogP contribution in [-0.2, 0) is 19.7 Å². The van der Waals surface area contributed by atoms with Gasteiger partial charge in [0.2, 0.25) is 16.3 Å².